The summed E-state index contributed by atoms with van der Waals surface area (Å²) < 4.78 is 33.5. The molecule has 3 rings (SSSR count). The number of amides is 1. The number of sulfonamides is 1. The second-order valence-corrected chi connectivity index (χ2v) is 8.41. The van der Waals surface area contributed by atoms with Gasteiger partial charge in [0.15, 0.2) is 5.76 Å². The van der Waals surface area contributed by atoms with Gasteiger partial charge in [0, 0.05) is 17.0 Å². The Morgan fingerprint density at radius 3 is 2.58 bits per heavy atom. The van der Waals surface area contributed by atoms with Gasteiger partial charge in [0.1, 0.15) is 18.5 Å². The first-order valence-corrected chi connectivity index (χ1v) is 10.5. The van der Waals surface area contributed by atoms with Crippen LogP contribution in [0.5, 0.6) is 5.75 Å². The van der Waals surface area contributed by atoms with Crippen LogP contribution in [0.3, 0.4) is 0 Å². The molecule has 0 saturated heterocycles. The SMILES string of the molecule is C#CC(=O)[N+](C)(O)c1nc(-c2ccc(OC)c(Cl)c2)c(-c2ccccc2S(N)(=O)=O)o1. The minimum Gasteiger partial charge on any atom is -0.495 e. The largest absolute Gasteiger partial charge is 0.495 e. The fourth-order valence-corrected chi connectivity index (χ4v) is 3.80. The number of hydrogen-bond donors (Lipinski definition) is 2. The smallest absolute Gasteiger partial charge is 0.447 e. The number of primary sulfonamides is 1. The molecule has 1 amide bonds. The molecule has 160 valence electrons. The van der Waals surface area contributed by atoms with Gasteiger partial charge in [-0.05, 0) is 35.0 Å². The average Bonchev–Trinajstić information content (AvgIpc) is 3.18. The quantitative estimate of drug-likeness (QED) is 0.258. The molecule has 0 aliphatic rings. The van der Waals surface area contributed by atoms with Gasteiger partial charge in [-0.15, -0.1) is 6.42 Å². The highest BCUT2D eigenvalue weighted by atomic mass is 35.5. The fourth-order valence-electron chi connectivity index (χ4n) is 2.80. The second-order valence-electron chi connectivity index (χ2n) is 6.47. The number of methoxy groups -OCH3 is 1. The second kappa shape index (κ2) is 8.14. The number of carbonyl (C=O) groups excluding carboxylic acids is 1. The van der Waals surface area contributed by atoms with Crippen LogP contribution in [0.2, 0.25) is 5.02 Å². The van der Waals surface area contributed by atoms with E-state index >= 15 is 0 Å². The molecule has 9 nitrogen and oxygen atoms in total. The van der Waals surface area contributed by atoms with E-state index in [0.717, 1.165) is 7.05 Å². The molecule has 31 heavy (non-hydrogen) atoms. The molecule has 0 aliphatic heterocycles. The van der Waals surface area contributed by atoms with E-state index < -0.39 is 26.6 Å². The minimum atomic E-state index is -4.15. The van der Waals surface area contributed by atoms with Gasteiger partial charge in [0.25, 0.3) is 0 Å². The number of nitrogens with zero attached hydrogens (tertiary/aromatic N) is 2. The number of nitrogens with two attached hydrogens (primary N) is 1. The standard InChI is InChI=1S/C20H17ClN3O6S/c1-4-17(25)24(2,26)20-23-18(12-9-10-15(29-3)14(21)11-12)19(30-20)13-7-5-6-8-16(13)31(22,27)28/h1,5-11,26H,2-3H3,(H2,22,27,28)/q+1. The number of halogens is 1. The van der Waals surface area contributed by atoms with Crippen LogP contribution in [-0.4, -0.2) is 38.7 Å². The first-order chi connectivity index (χ1) is 14.5. The fraction of sp³-hybridized carbons (Fsp3) is 0.100. The first-order valence-electron chi connectivity index (χ1n) is 8.58. The van der Waals surface area contributed by atoms with Gasteiger partial charge in [0.2, 0.25) is 10.0 Å². The van der Waals surface area contributed by atoms with Crippen LogP contribution in [0, 0.1) is 12.3 Å². The van der Waals surface area contributed by atoms with E-state index in [1.807, 2.05) is 0 Å². The number of oxazole rings is 1. The van der Waals surface area contributed by atoms with Crippen LogP contribution < -0.4 is 14.5 Å². The molecule has 1 aromatic heterocycles. The Hall–Kier alpha value is -3.20. The maximum absolute atomic E-state index is 12.1. The van der Waals surface area contributed by atoms with E-state index in [1.165, 1.54) is 31.4 Å². The van der Waals surface area contributed by atoms with Crippen molar-refractivity contribution in [3.63, 3.8) is 0 Å². The molecule has 1 unspecified atom stereocenters. The zero-order valence-corrected chi connectivity index (χ0v) is 17.9. The summed E-state index contributed by atoms with van der Waals surface area (Å²) in [7, 11) is -1.64. The van der Waals surface area contributed by atoms with Crippen molar-refractivity contribution in [3.8, 4) is 40.7 Å². The van der Waals surface area contributed by atoms with Gasteiger partial charge < -0.3 is 9.15 Å². The molecule has 0 fully saturated rings. The lowest BCUT2D eigenvalue weighted by Gasteiger charge is -2.13. The number of aromatic nitrogens is 1. The third-order valence-corrected chi connectivity index (χ3v) is 5.64. The number of benzene rings is 2. The van der Waals surface area contributed by atoms with E-state index in [-0.39, 0.29) is 26.9 Å². The van der Waals surface area contributed by atoms with Crippen molar-refractivity contribution >= 4 is 33.5 Å². The van der Waals surface area contributed by atoms with Crippen molar-refractivity contribution in [2.45, 2.75) is 4.90 Å². The van der Waals surface area contributed by atoms with Gasteiger partial charge in [-0.3, -0.25) is 0 Å². The minimum absolute atomic E-state index is 0.0657. The van der Waals surface area contributed by atoms with Crippen LogP contribution in [0.25, 0.3) is 22.6 Å². The number of hydroxylamine groups is 2. The first kappa shape index (κ1) is 22.5. The lowest BCUT2D eigenvalue weighted by atomic mass is 10.1. The van der Waals surface area contributed by atoms with Crippen LogP contribution in [-0.2, 0) is 14.8 Å². The summed E-state index contributed by atoms with van der Waals surface area (Å²) in [5.74, 6) is 1.08. The Bertz CT molecular complexity index is 1320. The lowest BCUT2D eigenvalue weighted by Crippen LogP contribution is -2.46. The molecular weight excluding hydrogens is 446 g/mol. The molecule has 0 bridgehead atoms. The van der Waals surface area contributed by atoms with Crippen LogP contribution in [0.1, 0.15) is 0 Å². The molecule has 2 aromatic carbocycles. The molecule has 11 heteroatoms. The molecule has 3 N–H and O–H groups in total. The number of hydrogen-bond acceptors (Lipinski definition) is 7. The van der Waals surface area contributed by atoms with Crippen molar-refractivity contribution in [1.29, 1.82) is 0 Å². The summed E-state index contributed by atoms with van der Waals surface area (Å²) >= 11 is 6.22. The Morgan fingerprint density at radius 2 is 2.00 bits per heavy atom. The Balaban J connectivity index is 2.35. The van der Waals surface area contributed by atoms with Gasteiger partial charge in [-0.1, -0.05) is 23.7 Å². The number of ether oxygens (including phenoxy) is 1. The predicted molar refractivity (Wildman–Crippen MR) is 114 cm³/mol. The summed E-state index contributed by atoms with van der Waals surface area (Å²) in [5, 5.41) is 16.1. The number of quaternary nitrogens is 1. The average molecular weight is 463 g/mol. The topological polar surface area (TPSA) is 133 Å². The highest BCUT2D eigenvalue weighted by Gasteiger charge is 2.40. The summed E-state index contributed by atoms with van der Waals surface area (Å²) in [6.45, 7) is 0. The van der Waals surface area contributed by atoms with Gasteiger partial charge in [-0.2, -0.15) is 10.2 Å². The maximum atomic E-state index is 12.1. The Morgan fingerprint density at radius 1 is 1.32 bits per heavy atom. The third kappa shape index (κ3) is 4.18. The van der Waals surface area contributed by atoms with Gasteiger partial charge in [-0.25, -0.2) is 18.4 Å². The van der Waals surface area contributed by atoms with E-state index in [2.05, 4.69) is 4.98 Å². The Labute approximate surface area is 183 Å². The van der Waals surface area contributed by atoms with E-state index in [0.29, 0.717) is 11.3 Å². The molecule has 1 atom stereocenters. The molecule has 1 heterocycles. The molecule has 0 aliphatic carbocycles. The third-order valence-electron chi connectivity index (χ3n) is 4.37. The van der Waals surface area contributed by atoms with Crippen molar-refractivity contribution in [2.24, 2.45) is 5.14 Å². The summed E-state index contributed by atoms with van der Waals surface area (Å²) in [6.07, 6.45) is 5.12. The number of rotatable bonds is 5. The molecule has 3 aromatic rings. The molecule has 0 radical (unpaired) electrons. The zero-order chi connectivity index (χ0) is 23.0. The van der Waals surface area contributed by atoms with Gasteiger partial charge in [0.05, 0.1) is 17.0 Å². The number of terminal acetylenes is 1. The molecular formula is C20H17ClN3O6S+. The van der Waals surface area contributed by atoms with Crippen molar-refractivity contribution in [2.75, 3.05) is 14.2 Å². The highest BCUT2D eigenvalue weighted by molar-refractivity contribution is 7.89. The monoisotopic (exact) mass is 462 g/mol. The normalized spacial score (nSPS) is 13.3. The highest BCUT2D eigenvalue weighted by Crippen LogP contribution is 2.40. The maximum Gasteiger partial charge on any atom is 0.447 e. The predicted octanol–water partition coefficient (Wildman–Crippen LogP) is 2.80. The van der Waals surface area contributed by atoms with Crippen LogP contribution in [0.15, 0.2) is 51.8 Å². The van der Waals surface area contributed by atoms with E-state index in [4.69, 9.17) is 32.3 Å². The molecule has 0 saturated carbocycles. The Kier molecular flexibility index (Phi) is 5.91. The lowest BCUT2D eigenvalue weighted by molar-refractivity contribution is -0.152. The zero-order valence-electron chi connectivity index (χ0n) is 16.4. The summed E-state index contributed by atoms with van der Waals surface area (Å²) in [4.78, 5) is 16.0. The van der Waals surface area contributed by atoms with E-state index in [1.54, 1.807) is 24.1 Å². The molecule has 0 spiro atoms. The van der Waals surface area contributed by atoms with Gasteiger partial charge >= 0.3 is 11.9 Å². The summed E-state index contributed by atoms with van der Waals surface area (Å²) in [6, 6.07) is 9.98. The summed E-state index contributed by atoms with van der Waals surface area (Å²) in [5.41, 5.74) is 0.561. The van der Waals surface area contributed by atoms with Crippen LogP contribution >= 0.6 is 11.6 Å². The van der Waals surface area contributed by atoms with Crippen molar-refractivity contribution < 1.29 is 27.6 Å². The van der Waals surface area contributed by atoms with Crippen molar-refractivity contribution in [3.05, 3.63) is 47.5 Å². The van der Waals surface area contributed by atoms with Crippen LogP contribution in [0.4, 0.5) is 6.01 Å². The van der Waals surface area contributed by atoms with Crippen molar-refractivity contribution in [1.82, 2.24) is 9.63 Å². The van der Waals surface area contributed by atoms with E-state index in [9.17, 15) is 18.4 Å². The number of carbonyl (C=O) groups is 1.